The molecule has 1 aromatic rings. The molecule has 2 heterocycles. The SMILES string of the molecule is CC(N)c1cnc(CC2CCNCC2)s1. The van der Waals surface area contributed by atoms with Gasteiger partial charge in [0.15, 0.2) is 0 Å². The van der Waals surface area contributed by atoms with E-state index in [0.717, 1.165) is 25.4 Å². The Morgan fingerprint density at radius 2 is 2.33 bits per heavy atom. The van der Waals surface area contributed by atoms with Gasteiger partial charge in [-0.3, -0.25) is 0 Å². The third-order valence-electron chi connectivity index (χ3n) is 2.94. The minimum absolute atomic E-state index is 0.129. The summed E-state index contributed by atoms with van der Waals surface area (Å²) in [6.45, 7) is 4.34. The van der Waals surface area contributed by atoms with Crippen LogP contribution in [0.1, 0.15) is 35.7 Å². The summed E-state index contributed by atoms with van der Waals surface area (Å²) in [6.07, 6.45) is 5.64. The Labute approximate surface area is 95.1 Å². The van der Waals surface area contributed by atoms with E-state index in [1.807, 2.05) is 13.1 Å². The lowest BCUT2D eigenvalue weighted by Gasteiger charge is -2.21. The summed E-state index contributed by atoms with van der Waals surface area (Å²) in [5.74, 6) is 0.818. The third kappa shape index (κ3) is 3.00. The smallest absolute Gasteiger partial charge is 0.0931 e. The summed E-state index contributed by atoms with van der Waals surface area (Å²) < 4.78 is 0. The molecule has 2 rings (SSSR count). The van der Waals surface area contributed by atoms with E-state index in [-0.39, 0.29) is 6.04 Å². The number of rotatable bonds is 3. The van der Waals surface area contributed by atoms with Gasteiger partial charge in [-0.1, -0.05) is 0 Å². The maximum Gasteiger partial charge on any atom is 0.0931 e. The number of hydrogen-bond donors (Lipinski definition) is 2. The Hall–Kier alpha value is -0.450. The molecule has 0 amide bonds. The average Bonchev–Trinajstić information content (AvgIpc) is 2.68. The molecule has 0 aliphatic carbocycles. The van der Waals surface area contributed by atoms with Crippen LogP contribution in [0.3, 0.4) is 0 Å². The van der Waals surface area contributed by atoms with Crippen molar-refractivity contribution in [3.05, 3.63) is 16.1 Å². The minimum Gasteiger partial charge on any atom is -0.323 e. The fourth-order valence-corrected chi connectivity index (χ4v) is 2.95. The first-order valence-corrected chi connectivity index (χ1v) is 6.48. The standard InChI is InChI=1S/C11H19N3S/c1-8(12)10-7-14-11(15-10)6-9-2-4-13-5-3-9/h7-9,13H,2-6,12H2,1H3. The normalized spacial score (nSPS) is 20.4. The van der Waals surface area contributed by atoms with E-state index in [1.165, 1.54) is 22.7 Å². The van der Waals surface area contributed by atoms with Crippen LogP contribution in [0.2, 0.25) is 0 Å². The Bertz CT molecular complexity index is 303. The van der Waals surface area contributed by atoms with Gasteiger partial charge in [-0.25, -0.2) is 4.98 Å². The molecule has 3 nitrogen and oxygen atoms in total. The lowest BCUT2D eigenvalue weighted by molar-refractivity contribution is 0.372. The first kappa shape index (κ1) is 11.0. The van der Waals surface area contributed by atoms with Crippen LogP contribution in [-0.4, -0.2) is 18.1 Å². The zero-order chi connectivity index (χ0) is 10.7. The predicted molar refractivity (Wildman–Crippen MR) is 64.0 cm³/mol. The minimum atomic E-state index is 0.129. The van der Waals surface area contributed by atoms with Crippen molar-refractivity contribution in [2.24, 2.45) is 11.7 Å². The lowest BCUT2D eigenvalue weighted by Crippen LogP contribution is -2.28. The van der Waals surface area contributed by atoms with Crippen LogP contribution >= 0.6 is 11.3 Å². The van der Waals surface area contributed by atoms with Gasteiger partial charge in [0.2, 0.25) is 0 Å². The Balaban J connectivity index is 1.91. The summed E-state index contributed by atoms with van der Waals surface area (Å²) in [7, 11) is 0. The molecular formula is C11H19N3S. The number of nitrogens with one attached hydrogen (secondary N) is 1. The highest BCUT2D eigenvalue weighted by Gasteiger charge is 2.15. The molecule has 1 saturated heterocycles. The zero-order valence-electron chi connectivity index (χ0n) is 9.20. The Morgan fingerprint density at radius 3 is 2.93 bits per heavy atom. The van der Waals surface area contributed by atoms with Crippen molar-refractivity contribution in [3.8, 4) is 0 Å². The van der Waals surface area contributed by atoms with E-state index in [4.69, 9.17) is 5.73 Å². The van der Waals surface area contributed by atoms with Gasteiger partial charge in [-0.15, -0.1) is 11.3 Å². The second-order valence-electron chi connectivity index (χ2n) is 4.34. The van der Waals surface area contributed by atoms with Crippen LogP contribution in [0.15, 0.2) is 6.20 Å². The topological polar surface area (TPSA) is 50.9 Å². The summed E-state index contributed by atoms with van der Waals surface area (Å²) in [6, 6.07) is 0.129. The molecule has 15 heavy (non-hydrogen) atoms. The molecule has 4 heteroatoms. The van der Waals surface area contributed by atoms with Crippen molar-refractivity contribution in [2.45, 2.75) is 32.2 Å². The largest absolute Gasteiger partial charge is 0.323 e. The van der Waals surface area contributed by atoms with Crippen LogP contribution < -0.4 is 11.1 Å². The number of nitrogens with zero attached hydrogens (tertiary/aromatic N) is 1. The van der Waals surface area contributed by atoms with Crippen molar-refractivity contribution >= 4 is 11.3 Å². The maximum absolute atomic E-state index is 5.82. The monoisotopic (exact) mass is 225 g/mol. The van der Waals surface area contributed by atoms with Crippen molar-refractivity contribution in [1.29, 1.82) is 0 Å². The van der Waals surface area contributed by atoms with Gasteiger partial charge in [0.05, 0.1) is 5.01 Å². The molecule has 1 fully saturated rings. The molecule has 0 spiro atoms. The second-order valence-corrected chi connectivity index (χ2v) is 5.49. The second kappa shape index (κ2) is 5.05. The molecule has 0 saturated carbocycles. The maximum atomic E-state index is 5.82. The summed E-state index contributed by atoms with van der Waals surface area (Å²) in [5.41, 5.74) is 5.82. The van der Waals surface area contributed by atoms with Crippen LogP contribution in [0.5, 0.6) is 0 Å². The quantitative estimate of drug-likeness (QED) is 0.823. The molecule has 84 valence electrons. The lowest BCUT2D eigenvalue weighted by atomic mass is 9.95. The van der Waals surface area contributed by atoms with E-state index in [0.29, 0.717) is 0 Å². The summed E-state index contributed by atoms with van der Waals surface area (Å²) in [4.78, 5) is 5.66. The van der Waals surface area contributed by atoms with E-state index < -0.39 is 0 Å². The van der Waals surface area contributed by atoms with Gasteiger partial charge >= 0.3 is 0 Å². The molecule has 1 aromatic heterocycles. The van der Waals surface area contributed by atoms with Crippen LogP contribution in [-0.2, 0) is 6.42 Å². The van der Waals surface area contributed by atoms with Gasteiger partial charge < -0.3 is 11.1 Å². The fourth-order valence-electron chi connectivity index (χ4n) is 1.96. The van der Waals surface area contributed by atoms with Crippen LogP contribution in [0.25, 0.3) is 0 Å². The number of hydrogen-bond acceptors (Lipinski definition) is 4. The Kier molecular flexibility index (Phi) is 3.72. The number of nitrogens with two attached hydrogens (primary N) is 1. The molecular weight excluding hydrogens is 206 g/mol. The van der Waals surface area contributed by atoms with Crippen molar-refractivity contribution in [3.63, 3.8) is 0 Å². The van der Waals surface area contributed by atoms with E-state index in [9.17, 15) is 0 Å². The predicted octanol–water partition coefficient (Wildman–Crippen LogP) is 1.70. The van der Waals surface area contributed by atoms with E-state index in [1.54, 1.807) is 11.3 Å². The molecule has 1 aliphatic heterocycles. The molecule has 0 radical (unpaired) electrons. The fraction of sp³-hybridized carbons (Fsp3) is 0.727. The van der Waals surface area contributed by atoms with E-state index >= 15 is 0 Å². The summed E-state index contributed by atoms with van der Waals surface area (Å²) >= 11 is 1.78. The molecule has 1 atom stereocenters. The van der Waals surface area contributed by atoms with Crippen molar-refractivity contribution < 1.29 is 0 Å². The zero-order valence-corrected chi connectivity index (χ0v) is 10.0. The van der Waals surface area contributed by atoms with E-state index in [2.05, 4.69) is 10.3 Å². The first-order chi connectivity index (χ1) is 7.25. The van der Waals surface area contributed by atoms with Gasteiger partial charge in [-0.2, -0.15) is 0 Å². The Morgan fingerprint density at radius 1 is 1.60 bits per heavy atom. The van der Waals surface area contributed by atoms with Gasteiger partial charge in [0.1, 0.15) is 0 Å². The molecule has 0 aromatic carbocycles. The highest BCUT2D eigenvalue weighted by atomic mass is 32.1. The average molecular weight is 225 g/mol. The first-order valence-electron chi connectivity index (χ1n) is 5.66. The molecule has 1 aliphatic rings. The van der Waals surface area contributed by atoms with Gasteiger partial charge in [0, 0.05) is 23.5 Å². The molecule has 3 N–H and O–H groups in total. The molecule has 0 bridgehead atoms. The highest BCUT2D eigenvalue weighted by Crippen LogP contribution is 2.24. The van der Waals surface area contributed by atoms with Crippen molar-refractivity contribution in [2.75, 3.05) is 13.1 Å². The van der Waals surface area contributed by atoms with Crippen molar-refractivity contribution in [1.82, 2.24) is 10.3 Å². The van der Waals surface area contributed by atoms with Gasteiger partial charge in [0.25, 0.3) is 0 Å². The van der Waals surface area contributed by atoms with Crippen LogP contribution in [0.4, 0.5) is 0 Å². The number of aromatic nitrogens is 1. The van der Waals surface area contributed by atoms with Crippen LogP contribution in [0, 0.1) is 5.92 Å². The summed E-state index contributed by atoms with van der Waals surface area (Å²) in [5, 5.41) is 4.65. The molecule has 1 unspecified atom stereocenters. The number of piperidine rings is 1. The third-order valence-corrected chi connectivity index (χ3v) is 4.16. The van der Waals surface area contributed by atoms with Gasteiger partial charge in [-0.05, 0) is 38.8 Å². The highest BCUT2D eigenvalue weighted by molar-refractivity contribution is 7.11. The number of thiazole rings is 1.